The summed E-state index contributed by atoms with van der Waals surface area (Å²) in [5.74, 6) is 1.39. The van der Waals surface area contributed by atoms with Crippen LogP contribution in [-0.2, 0) is 0 Å². The Morgan fingerprint density at radius 2 is 0.909 bits per heavy atom. The van der Waals surface area contributed by atoms with Gasteiger partial charge in [0.25, 0.3) is 0 Å². The molecule has 2 aromatic heterocycles. The van der Waals surface area contributed by atoms with E-state index >= 15 is 0 Å². The number of para-hydroxylation sites is 2. The predicted molar refractivity (Wildman–Crippen MR) is 240 cm³/mol. The molecule has 0 N–H and O–H groups in total. The lowest BCUT2D eigenvalue weighted by atomic mass is 9.92. The van der Waals surface area contributed by atoms with Gasteiger partial charge in [-0.3, -0.25) is 9.13 Å². The molecule has 2 heterocycles. The van der Waals surface area contributed by atoms with Crippen LogP contribution in [0, 0.1) is 46.7 Å². The summed E-state index contributed by atoms with van der Waals surface area (Å²) >= 11 is 8.13. The van der Waals surface area contributed by atoms with Gasteiger partial charge in [0.2, 0.25) is 0 Å². The van der Waals surface area contributed by atoms with Crippen molar-refractivity contribution in [3.63, 3.8) is 0 Å². The van der Waals surface area contributed by atoms with Crippen LogP contribution in [0.2, 0.25) is 0 Å². The molecule has 55 heavy (non-hydrogen) atoms. The van der Waals surface area contributed by atoms with Gasteiger partial charge in [-0.1, -0.05) is 138 Å². The zero-order valence-electron chi connectivity index (χ0n) is 35.5. The first kappa shape index (κ1) is 41.0. The maximum atomic E-state index is 8.13. The first-order chi connectivity index (χ1) is 26.0. The van der Waals surface area contributed by atoms with Crippen LogP contribution < -0.4 is 10.1 Å². The highest BCUT2D eigenvalue weighted by atomic mass is 35.7. The third-order valence-corrected chi connectivity index (χ3v) is 15.1. The van der Waals surface area contributed by atoms with Gasteiger partial charge in [-0.25, -0.2) is 0 Å². The van der Waals surface area contributed by atoms with Crippen LogP contribution in [0.5, 0.6) is 0 Å². The van der Waals surface area contributed by atoms with Crippen LogP contribution in [0.4, 0.5) is 0 Å². The van der Waals surface area contributed by atoms with Gasteiger partial charge in [0.15, 0.2) is 12.2 Å². The molecule has 1 unspecified atom stereocenters. The summed E-state index contributed by atoms with van der Waals surface area (Å²) in [6.07, 6.45) is 9.06. The molecular weight excluding hydrogens is 730 g/mol. The number of nitrogens with zero attached hydrogens (tertiary/aromatic N) is 4. The van der Waals surface area contributed by atoms with Gasteiger partial charge in [-0.2, -0.15) is 9.13 Å². The van der Waals surface area contributed by atoms with Crippen molar-refractivity contribution >= 4 is 31.7 Å². The maximum absolute atomic E-state index is 8.13. The van der Waals surface area contributed by atoms with Gasteiger partial charge in [-0.05, 0) is 110 Å². The SMILES string of the molecule is Cc1cc(C)c(-n2cc[n+](-c3c(C)cc(C)cc3C)c2P(Cl)P=c2n(-c3c(C(C)C)cccc3C(C)C)ccn2-c2c(C(C)C)cccc2C(C)C)c(C)c1. The van der Waals surface area contributed by atoms with Gasteiger partial charge in [-0.15, -0.1) is 0 Å². The van der Waals surface area contributed by atoms with Crippen LogP contribution >= 0.6 is 26.1 Å². The van der Waals surface area contributed by atoms with Gasteiger partial charge in [0.1, 0.15) is 23.8 Å². The summed E-state index contributed by atoms with van der Waals surface area (Å²) < 4.78 is 9.73. The third-order valence-electron chi connectivity index (χ3n) is 10.9. The minimum atomic E-state index is -1.33. The van der Waals surface area contributed by atoms with Crippen molar-refractivity contribution in [2.45, 2.75) is 121 Å². The van der Waals surface area contributed by atoms with E-state index in [0.29, 0.717) is 23.7 Å². The second kappa shape index (κ2) is 16.4. The quantitative estimate of drug-likeness (QED) is 0.0972. The molecule has 0 radical (unpaired) electrons. The molecular formula is C48H60ClN4P2+. The number of hydrogen-bond acceptors (Lipinski definition) is 0. The molecule has 0 spiro atoms. The zero-order chi connectivity index (χ0) is 40.0. The predicted octanol–water partition coefficient (Wildman–Crippen LogP) is 14.0. The van der Waals surface area contributed by atoms with Crippen LogP contribution in [0.25, 0.3) is 22.7 Å². The number of imidazole rings is 2. The Labute approximate surface area is 338 Å². The highest BCUT2D eigenvalue weighted by Crippen LogP contribution is 2.55. The number of rotatable bonds is 10. The van der Waals surface area contributed by atoms with Crippen LogP contribution in [0.3, 0.4) is 0 Å². The monoisotopic (exact) mass is 789 g/mol. The normalized spacial score (nSPS) is 12.6. The molecule has 0 aliphatic carbocycles. The average Bonchev–Trinajstić information content (AvgIpc) is 3.70. The Morgan fingerprint density at radius 1 is 0.527 bits per heavy atom. The van der Waals surface area contributed by atoms with Gasteiger partial charge in [0.05, 0.1) is 11.4 Å². The molecule has 0 saturated heterocycles. The second-order valence-electron chi connectivity index (χ2n) is 16.7. The van der Waals surface area contributed by atoms with Gasteiger partial charge in [0, 0.05) is 20.3 Å². The molecule has 1 atom stereocenters. The van der Waals surface area contributed by atoms with E-state index in [1.807, 2.05) is 0 Å². The lowest BCUT2D eigenvalue weighted by Gasteiger charge is -2.23. The van der Waals surface area contributed by atoms with Crippen molar-refractivity contribution in [3.05, 3.63) is 146 Å². The van der Waals surface area contributed by atoms with Crippen molar-refractivity contribution in [3.8, 4) is 22.7 Å². The van der Waals surface area contributed by atoms with Gasteiger partial charge < -0.3 is 0 Å². The van der Waals surface area contributed by atoms with Crippen molar-refractivity contribution < 1.29 is 4.57 Å². The summed E-state index contributed by atoms with van der Waals surface area (Å²) in [4.78, 5) is 0. The van der Waals surface area contributed by atoms with Crippen LogP contribution in [-0.4, -0.2) is 13.7 Å². The number of halogens is 1. The van der Waals surface area contributed by atoms with E-state index in [-0.39, 0.29) is 0 Å². The molecule has 4 nitrogen and oxygen atoms in total. The van der Waals surface area contributed by atoms with Crippen molar-refractivity contribution in [2.75, 3.05) is 0 Å². The number of aromatic nitrogens is 4. The lowest BCUT2D eigenvalue weighted by Crippen LogP contribution is -2.46. The second-order valence-corrected chi connectivity index (χ2v) is 21.8. The number of aryl methyl sites for hydroxylation is 6. The minimum Gasteiger partial charge on any atom is -0.297 e. The summed E-state index contributed by atoms with van der Waals surface area (Å²) in [5, 5.41) is 1.17. The Hall–Kier alpha value is -3.68. The average molecular weight is 790 g/mol. The molecule has 288 valence electrons. The highest BCUT2D eigenvalue weighted by Gasteiger charge is 2.32. The maximum Gasteiger partial charge on any atom is 0.311 e. The fraction of sp³-hybridized carbons (Fsp3) is 0.375. The third kappa shape index (κ3) is 7.85. The summed E-state index contributed by atoms with van der Waals surface area (Å²) in [6.45, 7) is 30.4. The van der Waals surface area contributed by atoms with E-state index in [0.717, 1.165) is 13.5 Å². The first-order valence-electron chi connectivity index (χ1n) is 19.9. The van der Waals surface area contributed by atoms with Gasteiger partial charge >= 0.3 is 5.57 Å². The number of benzene rings is 4. The molecule has 0 aliphatic rings. The first-order valence-corrected chi connectivity index (χ1v) is 23.7. The molecule has 0 aliphatic heterocycles. The zero-order valence-corrected chi connectivity index (χ0v) is 38.0. The van der Waals surface area contributed by atoms with Crippen LogP contribution in [0.15, 0.2) is 85.5 Å². The van der Waals surface area contributed by atoms with E-state index in [1.54, 1.807) is 0 Å². The molecule has 6 rings (SSSR count). The largest absolute Gasteiger partial charge is 0.311 e. The molecule has 6 aromatic rings. The Kier molecular flexibility index (Phi) is 12.2. The number of hydrogen-bond donors (Lipinski definition) is 0. The van der Waals surface area contributed by atoms with E-state index in [9.17, 15) is 0 Å². The lowest BCUT2D eigenvalue weighted by molar-refractivity contribution is -0.575. The molecule has 0 saturated carbocycles. The molecule has 7 heteroatoms. The van der Waals surface area contributed by atoms with E-state index in [2.05, 4.69) is 201 Å². The van der Waals surface area contributed by atoms with Crippen molar-refractivity contribution in [1.82, 2.24) is 13.7 Å². The van der Waals surface area contributed by atoms with Crippen LogP contribution in [0.1, 0.15) is 135 Å². The summed E-state index contributed by atoms with van der Waals surface area (Å²) in [5.41, 5.74) is 19.0. The minimum absolute atomic E-state index is 0.347. The fourth-order valence-corrected chi connectivity index (χ4v) is 13.0. The molecule has 0 amide bonds. The Balaban J connectivity index is 1.78. The van der Waals surface area contributed by atoms with E-state index in [1.165, 1.54) is 83.6 Å². The van der Waals surface area contributed by atoms with E-state index < -0.39 is 6.96 Å². The van der Waals surface area contributed by atoms with E-state index in [4.69, 9.17) is 11.2 Å². The Morgan fingerprint density at radius 3 is 1.29 bits per heavy atom. The molecule has 0 fully saturated rings. The fourth-order valence-electron chi connectivity index (χ4n) is 8.55. The topological polar surface area (TPSA) is 18.7 Å². The smallest absolute Gasteiger partial charge is 0.297 e. The Bertz CT molecular complexity index is 2180. The van der Waals surface area contributed by atoms with Crippen molar-refractivity contribution in [1.29, 1.82) is 0 Å². The summed E-state index contributed by atoms with van der Waals surface area (Å²) in [6, 6.07) is 22.9. The standard InChI is InChI=1S/C48H60ClN4P2/c1-29(2)39-17-15-18-40(30(3)4)45(39)50-21-22-51(46-41(31(5)6)19-16-20-42(46)32(7)8)47(50)54-55(49)48-52(43-35(11)25-33(9)26-36(43)12)23-24-53(48)44-37(13)27-34(10)28-38(44)14/h15-32H,1-14H3/q+1. The molecule has 4 aromatic carbocycles. The molecule has 0 bridgehead atoms. The van der Waals surface area contributed by atoms with Crippen molar-refractivity contribution in [2.24, 2.45) is 0 Å². The summed E-state index contributed by atoms with van der Waals surface area (Å²) in [7, 11) is 1.04. The highest BCUT2D eigenvalue weighted by molar-refractivity contribution is 8.33.